The molecule has 8 heteroatoms. The van der Waals surface area contributed by atoms with E-state index in [1.165, 1.54) is 6.07 Å². The number of alkyl halides is 2. The Morgan fingerprint density at radius 3 is 2.48 bits per heavy atom. The van der Waals surface area contributed by atoms with Gasteiger partial charge in [0, 0.05) is 6.07 Å². The summed E-state index contributed by atoms with van der Waals surface area (Å²) in [6.07, 6.45) is -2.24. The van der Waals surface area contributed by atoms with E-state index in [0.717, 1.165) is 5.56 Å². The number of hydrogen-bond acceptors (Lipinski definition) is 4. The van der Waals surface area contributed by atoms with Gasteiger partial charge in [-0.25, -0.2) is 13.6 Å². The van der Waals surface area contributed by atoms with Crippen LogP contribution >= 0.6 is 0 Å². The summed E-state index contributed by atoms with van der Waals surface area (Å²) in [7, 11) is 0. The zero-order chi connectivity index (χ0) is 20.0. The van der Waals surface area contributed by atoms with Crippen molar-refractivity contribution in [2.45, 2.75) is 51.7 Å². The lowest BCUT2D eigenvalue weighted by molar-refractivity contribution is 0.00627. The summed E-state index contributed by atoms with van der Waals surface area (Å²) < 4.78 is 31.7. The smallest absolute Gasteiger partial charge is 0.356 e. The van der Waals surface area contributed by atoms with E-state index in [0.29, 0.717) is 6.42 Å². The van der Waals surface area contributed by atoms with Crippen LogP contribution in [-0.4, -0.2) is 40.1 Å². The fourth-order valence-corrected chi connectivity index (χ4v) is 2.35. The van der Waals surface area contributed by atoms with E-state index in [1.54, 1.807) is 20.8 Å². The molecule has 1 aromatic carbocycles. The number of aromatic amines is 1. The Kier molecular flexibility index (Phi) is 6.65. The summed E-state index contributed by atoms with van der Waals surface area (Å²) in [5, 5.41) is 8.39. The second-order valence-electron chi connectivity index (χ2n) is 7.11. The Labute approximate surface area is 156 Å². The standard InChI is InChI=1S/C19H23F2N3O3/c1-19(2,3)27-18(26)15-11-14(23-24-15)17(25)22-13(16(20)21)10-9-12-7-5-4-6-8-12/h4-8,11,13,16H,9-10H2,1-3H3,(H,22,25)(H,23,24). The number of benzene rings is 1. The van der Waals surface area contributed by atoms with Gasteiger partial charge in [-0.05, 0) is 39.2 Å². The molecule has 0 spiro atoms. The molecule has 0 aliphatic rings. The van der Waals surface area contributed by atoms with Crippen LogP contribution in [0.5, 0.6) is 0 Å². The molecule has 1 amide bonds. The largest absolute Gasteiger partial charge is 0.455 e. The van der Waals surface area contributed by atoms with Crippen LogP contribution < -0.4 is 5.32 Å². The molecule has 2 rings (SSSR count). The quantitative estimate of drug-likeness (QED) is 0.723. The molecular weight excluding hydrogens is 356 g/mol. The number of ether oxygens (including phenoxy) is 1. The van der Waals surface area contributed by atoms with Gasteiger partial charge in [0.1, 0.15) is 11.3 Å². The van der Waals surface area contributed by atoms with E-state index in [9.17, 15) is 18.4 Å². The highest BCUT2D eigenvalue weighted by atomic mass is 19.3. The Balaban J connectivity index is 1.98. The molecule has 27 heavy (non-hydrogen) atoms. The predicted octanol–water partition coefficient (Wildman–Crippen LogP) is 3.36. The van der Waals surface area contributed by atoms with Gasteiger partial charge >= 0.3 is 5.97 Å². The SMILES string of the molecule is CC(C)(C)OC(=O)c1cc(C(=O)NC(CCc2ccccc2)C(F)F)n[nH]1. The van der Waals surface area contributed by atoms with Crippen molar-refractivity contribution in [3.63, 3.8) is 0 Å². The Hall–Kier alpha value is -2.77. The highest BCUT2D eigenvalue weighted by molar-refractivity contribution is 5.96. The van der Waals surface area contributed by atoms with Crippen molar-refractivity contribution in [1.82, 2.24) is 15.5 Å². The summed E-state index contributed by atoms with van der Waals surface area (Å²) in [6.45, 7) is 5.11. The van der Waals surface area contributed by atoms with Crippen LogP contribution in [0, 0.1) is 0 Å². The summed E-state index contributed by atoms with van der Waals surface area (Å²) >= 11 is 0. The molecule has 6 nitrogen and oxygen atoms in total. The fourth-order valence-electron chi connectivity index (χ4n) is 2.35. The molecule has 1 aromatic heterocycles. The lowest BCUT2D eigenvalue weighted by atomic mass is 10.1. The van der Waals surface area contributed by atoms with Crippen molar-refractivity contribution in [3.05, 3.63) is 53.3 Å². The monoisotopic (exact) mass is 379 g/mol. The van der Waals surface area contributed by atoms with Gasteiger partial charge in [0.2, 0.25) is 0 Å². The number of nitrogens with one attached hydrogen (secondary N) is 2. The van der Waals surface area contributed by atoms with Crippen LogP contribution in [-0.2, 0) is 11.2 Å². The van der Waals surface area contributed by atoms with Crippen LogP contribution in [0.4, 0.5) is 8.78 Å². The minimum absolute atomic E-state index is 0.0204. The first-order valence-corrected chi connectivity index (χ1v) is 8.57. The van der Waals surface area contributed by atoms with Crippen LogP contribution in [0.1, 0.15) is 53.7 Å². The summed E-state index contributed by atoms with van der Waals surface area (Å²) in [4.78, 5) is 24.2. The van der Waals surface area contributed by atoms with Crippen LogP contribution in [0.25, 0.3) is 0 Å². The van der Waals surface area contributed by atoms with E-state index in [4.69, 9.17) is 4.74 Å². The lowest BCUT2D eigenvalue weighted by Gasteiger charge is -2.18. The first-order chi connectivity index (χ1) is 12.7. The van der Waals surface area contributed by atoms with Crippen molar-refractivity contribution in [2.75, 3.05) is 0 Å². The number of aryl methyl sites for hydroxylation is 1. The predicted molar refractivity (Wildman–Crippen MR) is 95.8 cm³/mol. The summed E-state index contributed by atoms with van der Waals surface area (Å²) in [5.74, 6) is -1.46. The number of carbonyl (C=O) groups is 2. The van der Waals surface area contributed by atoms with Crippen LogP contribution in [0.3, 0.4) is 0 Å². The molecule has 1 unspecified atom stereocenters. The first-order valence-electron chi connectivity index (χ1n) is 8.57. The molecule has 0 aliphatic carbocycles. The van der Waals surface area contributed by atoms with E-state index >= 15 is 0 Å². The Morgan fingerprint density at radius 1 is 1.22 bits per heavy atom. The third kappa shape index (κ3) is 6.47. The number of hydrogen-bond donors (Lipinski definition) is 2. The maximum Gasteiger partial charge on any atom is 0.356 e. The second kappa shape index (κ2) is 8.75. The van der Waals surface area contributed by atoms with E-state index in [-0.39, 0.29) is 17.8 Å². The van der Waals surface area contributed by atoms with Crippen molar-refractivity contribution >= 4 is 11.9 Å². The zero-order valence-electron chi connectivity index (χ0n) is 15.5. The molecule has 0 aliphatic heterocycles. The van der Waals surface area contributed by atoms with Gasteiger partial charge in [-0.3, -0.25) is 9.89 Å². The van der Waals surface area contributed by atoms with Gasteiger partial charge < -0.3 is 10.1 Å². The summed E-state index contributed by atoms with van der Waals surface area (Å²) in [6, 6.07) is 9.04. The number of carbonyl (C=O) groups excluding carboxylic acids is 2. The van der Waals surface area contributed by atoms with Gasteiger partial charge in [-0.1, -0.05) is 30.3 Å². The molecule has 1 atom stereocenters. The molecule has 0 bridgehead atoms. The van der Waals surface area contributed by atoms with Crippen molar-refractivity contribution in [1.29, 1.82) is 0 Å². The molecular formula is C19H23F2N3O3. The number of esters is 1. The molecule has 0 radical (unpaired) electrons. The highest BCUT2D eigenvalue weighted by Gasteiger charge is 2.25. The molecule has 146 valence electrons. The second-order valence-corrected chi connectivity index (χ2v) is 7.11. The maximum absolute atomic E-state index is 13.3. The number of H-pyrrole nitrogens is 1. The van der Waals surface area contributed by atoms with Crippen molar-refractivity contribution in [3.8, 4) is 0 Å². The van der Waals surface area contributed by atoms with Crippen LogP contribution in [0.2, 0.25) is 0 Å². The Bertz CT molecular complexity index is 770. The summed E-state index contributed by atoms with van der Waals surface area (Å²) in [5.41, 5.74) is 0.0292. The van der Waals surface area contributed by atoms with Gasteiger partial charge in [0.05, 0.1) is 6.04 Å². The van der Waals surface area contributed by atoms with Gasteiger partial charge in [-0.2, -0.15) is 5.10 Å². The van der Waals surface area contributed by atoms with Gasteiger partial charge in [0.15, 0.2) is 5.69 Å². The van der Waals surface area contributed by atoms with Crippen molar-refractivity contribution < 1.29 is 23.1 Å². The number of nitrogens with zero attached hydrogens (tertiary/aromatic N) is 1. The lowest BCUT2D eigenvalue weighted by Crippen LogP contribution is -2.40. The van der Waals surface area contributed by atoms with E-state index in [1.807, 2.05) is 30.3 Å². The van der Waals surface area contributed by atoms with E-state index in [2.05, 4.69) is 15.5 Å². The Morgan fingerprint density at radius 2 is 1.89 bits per heavy atom. The third-order valence-corrected chi connectivity index (χ3v) is 3.64. The van der Waals surface area contributed by atoms with Gasteiger partial charge in [0.25, 0.3) is 12.3 Å². The topological polar surface area (TPSA) is 84.1 Å². The fraction of sp³-hybridized carbons (Fsp3) is 0.421. The van der Waals surface area contributed by atoms with Crippen LogP contribution in [0.15, 0.2) is 36.4 Å². The normalized spacial score (nSPS) is 12.7. The average Bonchev–Trinajstić information content (AvgIpc) is 3.08. The van der Waals surface area contributed by atoms with Gasteiger partial charge in [-0.15, -0.1) is 0 Å². The molecule has 2 N–H and O–H groups in total. The number of halogens is 2. The third-order valence-electron chi connectivity index (χ3n) is 3.64. The molecule has 2 aromatic rings. The van der Waals surface area contributed by atoms with Crippen molar-refractivity contribution in [2.24, 2.45) is 0 Å². The number of rotatable bonds is 7. The minimum atomic E-state index is -2.72. The maximum atomic E-state index is 13.3. The number of amides is 1. The van der Waals surface area contributed by atoms with E-state index < -0.39 is 29.9 Å². The molecule has 1 heterocycles. The molecule has 0 saturated carbocycles. The first kappa shape index (κ1) is 20.5. The number of aromatic nitrogens is 2. The highest BCUT2D eigenvalue weighted by Crippen LogP contribution is 2.13. The minimum Gasteiger partial charge on any atom is -0.455 e. The molecule has 0 saturated heterocycles. The molecule has 0 fully saturated rings. The zero-order valence-corrected chi connectivity index (χ0v) is 15.5. The average molecular weight is 379 g/mol.